The lowest BCUT2D eigenvalue weighted by Crippen LogP contribution is -2.36. The van der Waals surface area contributed by atoms with E-state index in [4.69, 9.17) is 11.6 Å². The fraction of sp³-hybridized carbons (Fsp3) is 0.381. The number of carbonyl (C=O) groups excluding carboxylic acids is 1. The SMILES string of the molecule is O=C(NCc1ccc(OCC(F)(F)F)cc1)c1ccc(Cl)c(S(=O)(=O)N2CCCCC2)c1. The fourth-order valence-corrected chi connectivity index (χ4v) is 5.26. The zero-order chi connectivity index (χ0) is 23.4. The van der Waals surface area contributed by atoms with Gasteiger partial charge in [-0.25, -0.2) is 8.42 Å². The van der Waals surface area contributed by atoms with Crippen molar-refractivity contribution in [3.05, 3.63) is 58.6 Å². The van der Waals surface area contributed by atoms with Crippen molar-refractivity contribution < 1.29 is 31.1 Å². The molecule has 11 heteroatoms. The van der Waals surface area contributed by atoms with Gasteiger partial charge in [0.2, 0.25) is 10.0 Å². The molecule has 0 aliphatic carbocycles. The molecule has 0 bridgehead atoms. The van der Waals surface area contributed by atoms with E-state index in [0.29, 0.717) is 18.7 Å². The van der Waals surface area contributed by atoms with Crippen LogP contribution in [0, 0.1) is 0 Å². The van der Waals surface area contributed by atoms with Crippen molar-refractivity contribution in [2.45, 2.75) is 36.9 Å². The normalized spacial score (nSPS) is 15.4. The molecule has 1 heterocycles. The van der Waals surface area contributed by atoms with Gasteiger partial charge in [0.05, 0.1) is 5.02 Å². The van der Waals surface area contributed by atoms with Crippen molar-refractivity contribution >= 4 is 27.5 Å². The molecule has 174 valence electrons. The molecule has 3 rings (SSSR count). The maximum absolute atomic E-state index is 12.9. The van der Waals surface area contributed by atoms with E-state index in [-0.39, 0.29) is 27.8 Å². The summed E-state index contributed by atoms with van der Waals surface area (Å²) in [6.45, 7) is -0.465. The number of nitrogens with zero attached hydrogens (tertiary/aromatic N) is 1. The lowest BCUT2D eigenvalue weighted by molar-refractivity contribution is -0.153. The highest BCUT2D eigenvalue weighted by Crippen LogP contribution is 2.28. The van der Waals surface area contributed by atoms with E-state index in [1.165, 1.54) is 46.8 Å². The second-order valence-corrected chi connectivity index (χ2v) is 9.65. The van der Waals surface area contributed by atoms with Crippen LogP contribution >= 0.6 is 11.6 Å². The Morgan fingerprint density at radius 2 is 1.72 bits per heavy atom. The minimum atomic E-state index is -4.43. The van der Waals surface area contributed by atoms with Crippen molar-refractivity contribution in [3.8, 4) is 5.75 Å². The van der Waals surface area contributed by atoms with Crippen LogP contribution in [0.15, 0.2) is 47.4 Å². The Bertz CT molecular complexity index is 1050. The highest BCUT2D eigenvalue weighted by molar-refractivity contribution is 7.89. The molecule has 0 radical (unpaired) electrons. The molecule has 0 spiro atoms. The fourth-order valence-electron chi connectivity index (χ4n) is 3.24. The molecule has 1 N–H and O–H groups in total. The van der Waals surface area contributed by atoms with Gasteiger partial charge in [0.15, 0.2) is 6.61 Å². The average Bonchev–Trinajstić information content (AvgIpc) is 2.77. The minimum Gasteiger partial charge on any atom is -0.484 e. The molecule has 1 amide bonds. The van der Waals surface area contributed by atoms with Gasteiger partial charge >= 0.3 is 6.18 Å². The molecular formula is C21H22ClF3N2O4S. The van der Waals surface area contributed by atoms with E-state index in [1.54, 1.807) is 0 Å². The number of halogens is 4. The van der Waals surface area contributed by atoms with Gasteiger partial charge in [0.25, 0.3) is 5.91 Å². The summed E-state index contributed by atoms with van der Waals surface area (Å²) in [5.74, 6) is -0.447. The minimum absolute atomic E-state index is 0.0431. The lowest BCUT2D eigenvalue weighted by atomic mass is 10.2. The predicted molar refractivity (Wildman–Crippen MR) is 113 cm³/mol. The summed E-state index contributed by atoms with van der Waals surface area (Å²) in [7, 11) is -3.81. The number of carbonyl (C=O) groups is 1. The van der Waals surface area contributed by atoms with Gasteiger partial charge in [-0.2, -0.15) is 17.5 Å². The van der Waals surface area contributed by atoms with Gasteiger partial charge < -0.3 is 10.1 Å². The Labute approximate surface area is 189 Å². The van der Waals surface area contributed by atoms with Crippen LogP contribution in [0.3, 0.4) is 0 Å². The molecule has 2 aromatic carbocycles. The van der Waals surface area contributed by atoms with Crippen LogP contribution in [0.1, 0.15) is 35.2 Å². The Balaban J connectivity index is 1.65. The Morgan fingerprint density at radius 1 is 1.06 bits per heavy atom. The predicted octanol–water partition coefficient (Wildman–Crippen LogP) is 4.39. The highest BCUT2D eigenvalue weighted by atomic mass is 35.5. The number of amides is 1. The van der Waals surface area contributed by atoms with Crippen LogP contribution in [0.5, 0.6) is 5.75 Å². The smallest absolute Gasteiger partial charge is 0.422 e. The molecule has 1 fully saturated rings. The van der Waals surface area contributed by atoms with E-state index in [2.05, 4.69) is 10.1 Å². The zero-order valence-corrected chi connectivity index (χ0v) is 18.6. The van der Waals surface area contributed by atoms with Crippen molar-refractivity contribution in [3.63, 3.8) is 0 Å². The topological polar surface area (TPSA) is 75.7 Å². The molecule has 0 saturated carbocycles. The maximum atomic E-state index is 12.9. The maximum Gasteiger partial charge on any atom is 0.422 e. The van der Waals surface area contributed by atoms with Gasteiger partial charge in [-0.3, -0.25) is 4.79 Å². The van der Waals surface area contributed by atoms with Gasteiger partial charge in [0, 0.05) is 25.2 Å². The Morgan fingerprint density at radius 3 is 2.34 bits per heavy atom. The average molecular weight is 491 g/mol. The summed E-state index contributed by atoms with van der Waals surface area (Å²) in [6.07, 6.45) is -1.91. The summed E-state index contributed by atoms with van der Waals surface area (Å²) < 4.78 is 68.5. The summed E-state index contributed by atoms with van der Waals surface area (Å²) >= 11 is 6.13. The molecular weight excluding hydrogens is 469 g/mol. The molecule has 0 aromatic heterocycles. The van der Waals surface area contributed by atoms with Gasteiger partial charge in [-0.05, 0) is 48.7 Å². The van der Waals surface area contributed by atoms with E-state index < -0.39 is 28.7 Å². The first kappa shape index (κ1) is 24.3. The first-order valence-electron chi connectivity index (χ1n) is 9.93. The number of hydrogen-bond acceptors (Lipinski definition) is 4. The van der Waals surface area contributed by atoms with Crippen molar-refractivity contribution in [1.29, 1.82) is 0 Å². The largest absolute Gasteiger partial charge is 0.484 e. The summed E-state index contributed by atoms with van der Waals surface area (Å²) in [5, 5.41) is 2.70. The van der Waals surface area contributed by atoms with Gasteiger partial charge in [0.1, 0.15) is 10.6 Å². The molecule has 2 aromatic rings. The second kappa shape index (κ2) is 10.1. The standard InChI is InChI=1S/C21H22ClF3N2O4S/c22-18-9-6-16(12-19(18)32(29,30)27-10-2-1-3-11-27)20(28)26-13-15-4-7-17(8-5-15)31-14-21(23,24)25/h4-9,12H,1-3,10-11,13-14H2,(H,26,28). The third-order valence-electron chi connectivity index (χ3n) is 4.91. The first-order chi connectivity index (χ1) is 15.1. The first-order valence-corrected chi connectivity index (χ1v) is 11.7. The van der Waals surface area contributed by atoms with Crippen LogP contribution in [0.25, 0.3) is 0 Å². The van der Waals surface area contributed by atoms with E-state index in [1.807, 2.05) is 0 Å². The monoisotopic (exact) mass is 490 g/mol. The summed E-state index contributed by atoms with van der Waals surface area (Å²) in [5.41, 5.74) is 0.767. The van der Waals surface area contributed by atoms with Crippen LogP contribution in [-0.4, -0.2) is 44.5 Å². The van der Waals surface area contributed by atoms with E-state index in [0.717, 1.165) is 19.3 Å². The number of hydrogen-bond donors (Lipinski definition) is 1. The summed E-state index contributed by atoms with van der Waals surface area (Å²) in [6, 6.07) is 9.87. The Hall–Kier alpha value is -2.30. The van der Waals surface area contributed by atoms with Crippen LogP contribution in [0.2, 0.25) is 5.02 Å². The molecule has 6 nitrogen and oxygen atoms in total. The van der Waals surface area contributed by atoms with Crippen molar-refractivity contribution in [1.82, 2.24) is 9.62 Å². The quantitative estimate of drug-likeness (QED) is 0.624. The molecule has 1 saturated heterocycles. The van der Waals surface area contributed by atoms with E-state index >= 15 is 0 Å². The number of rotatable bonds is 7. The third kappa shape index (κ3) is 6.36. The molecule has 1 aliphatic heterocycles. The molecule has 0 atom stereocenters. The highest BCUT2D eigenvalue weighted by Gasteiger charge is 2.29. The third-order valence-corrected chi connectivity index (χ3v) is 7.29. The van der Waals surface area contributed by atoms with Crippen molar-refractivity contribution in [2.75, 3.05) is 19.7 Å². The van der Waals surface area contributed by atoms with Gasteiger partial charge in [-0.15, -0.1) is 0 Å². The van der Waals surface area contributed by atoms with Gasteiger partial charge in [-0.1, -0.05) is 30.2 Å². The van der Waals surface area contributed by atoms with Crippen LogP contribution in [0.4, 0.5) is 13.2 Å². The number of sulfonamides is 1. The van der Waals surface area contributed by atoms with Crippen LogP contribution in [-0.2, 0) is 16.6 Å². The number of nitrogens with one attached hydrogen (secondary N) is 1. The molecule has 32 heavy (non-hydrogen) atoms. The van der Waals surface area contributed by atoms with E-state index in [9.17, 15) is 26.4 Å². The van der Waals surface area contributed by atoms with Crippen LogP contribution < -0.4 is 10.1 Å². The summed E-state index contributed by atoms with van der Waals surface area (Å²) in [4.78, 5) is 12.4. The number of benzene rings is 2. The number of alkyl halides is 3. The Kier molecular flexibility index (Phi) is 7.68. The molecule has 1 aliphatic rings. The lowest BCUT2D eigenvalue weighted by Gasteiger charge is -2.26. The number of ether oxygens (including phenoxy) is 1. The number of piperidine rings is 1. The zero-order valence-electron chi connectivity index (χ0n) is 17.0. The molecule has 0 unspecified atom stereocenters. The second-order valence-electron chi connectivity index (χ2n) is 7.34. The van der Waals surface area contributed by atoms with Crippen molar-refractivity contribution in [2.24, 2.45) is 0 Å².